The van der Waals surface area contributed by atoms with Gasteiger partial charge >= 0.3 is 0 Å². The molecule has 0 spiro atoms. The number of nitriles is 1. The molecule has 0 N–H and O–H groups in total. The molecule has 6 aromatic rings. The maximum atomic E-state index is 13.4. The van der Waals surface area contributed by atoms with Gasteiger partial charge in [-0.25, -0.2) is 4.85 Å². The van der Waals surface area contributed by atoms with Crippen LogP contribution in [0.15, 0.2) is 91.0 Å². The van der Waals surface area contributed by atoms with Crippen molar-refractivity contribution >= 4 is 39.3 Å². The van der Waals surface area contributed by atoms with Gasteiger partial charge in [0.1, 0.15) is 0 Å². The second-order valence-corrected chi connectivity index (χ2v) is 10.9. The normalized spacial score (nSPS) is 12.5. The number of hydrogen-bond acceptors (Lipinski definition) is 3. The molecule has 0 atom stereocenters. The average Bonchev–Trinajstić information content (AvgIpc) is 3.48. The van der Waals surface area contributed by atoms with Crippen molar-refractivity contribution in [3.05, 3.63) is 130 Å². The van der Waals surface area contributed by atoms with E-state index in [2.05, 4.69) is 27.6 Å². The zero-order valence-corrected chi connectivity index (χ0v) is 23.8. The Bertz CT molecular complexity index is 2170. The van der Waals surface area contributed by atoms with Crippen LogP contribution in [0.25, 0.3) is 54.6 Å². The van der Waals surface area contributed by atoms with Gasteiger partial charge in [0.2, 0.25) is 0 Å². The number of imide groups is 1. The van der Waals surface area contributed by atoms with E-state index in [0.717, 1.165) is 55.2 Å². The summed E-state index contributed by atoms with van der Waals surface area (Å²) in [6.07, 6.45) is 0. The highest BCUT2D eigenvalue weighted by atomic mass is 16.2. The Morgan fingerprint density at radius 2 is 1.28 bits per heavy atom. The highest BCUT2D eigenvalue weighted by molar-refractivity contribution is 6.25. The third-order valence-corrected chi connectivity index (χ3v) is 8.43. The van der Waals surface area contributed by atoms with Gasteiger partial charge in [0, 0.05) is 17.8 Å². The summed E-state index contributed by atoms with van der Waals surface area (Å²) in [4.78, 5) is 31.2. The van der Waals surface area contributed by atoms with Gasteiger partial charge < -0.3 is 4.57 Å². The molecule has 0 radical (unpaired) electrons. The standard InChI is InChI=1S/C37H24N4O2/c1-21-18-23(20-38)14-16-25(21)27-8-5-11-30-33(27)34-28(26-17-15-24(39-3)19-22(26)2)9-6-12-31(34)41(30)32-13-7-10-29-35(32)37(43)40(4)36(29)42/h5-19H,1-2,4H3. The topological polar surface area (TPSA) is 70.5 Å². The molecule has 0 aliphatic carbocycles. The molecule has 5 aromatic carbocycles. The van der Waals surface area contributed by atoms with Crippen molar-refractivity contribution in [2.24, 2.45) is 0 Å². The summed E-state index contributed by atoms with van der Waals surface area (Å²) in [7, 11) is 1.51. The summed E-state index contributed by atoms with van der Waals surface area (Å²) in [6.45, 7) is 11.5. The van der Waals surface area contributed by atoms with Crippen molar-refractivity contribution in [2.45, 2.75) is 13.8 Å². The van der Waals surface area contributed by atoms with E-state index in [-0.39, 0.29) is 11.8 Å². The third-order valence-electron chi connectivity index (χ3n) is 8.43. The number of fused-ring (bicyclic) bond motifs is 4. The quantitative estimate of drug-likeness (QED) is 0.162. The molecule has 0 saturated heterocycles. The minimum absolute atomic E-state index is 0.312. The summed E-state index contributed by atoms with van der Waals surface area (Å²) >= 11 is 0. The van der Waals surface area contributed by atoms with Crippen LogP contribution in [0.5, 0.6) is 0 Å². The van der Waals surface area contributed by atoms with Crippen molar-refractivity contribution in [1.82, 2.24) is 9.47 Å². The van der Waals surface area contributed by atoms with E-state index < -0.39 is 0 Å². The largest absolute Gasteiger partial charge is 0.308 e. The van der Waals surface area contributed by atoms with Crippen LogP contribution in [-0.4, -0.2) is 28.3 Å². The first kappa shape index (κ1) is 26.0. The lowest BCUT2D eigenvalue weighted by molar-refractivity contribution is 0.0693. The van der Waals surface area contributed by atoms with Crippen LogP contribution in [0, 0.1) is 31.8 Å². The summed E-state index contributed by atoms with van der Waals surface area (Å²) in [6, 6.07) is 31.4. The molecule has 1 aliphatic heterocycles. The maximum absolute atomic E-state index is 13.4. The Morgan fingerprint density at radius 3 is 1.86 bits per heavy atom. The SMILES string of the molecule is [C-]#[N+]c1ccc(-c2cccc3c2c2c(-c4ccc(C#N)cc4C)cccc2n3-c2cccc3c2C(=O)N(C)C3=O)c(C)c1. The molecular weight excluding hydrogens is 532 g/mol. The molecule has 204 valence electrons. The molecule has 7 rings (SSSR count). The molecule has 2 heterocycles. The van der Waals surface area contributed by atoms with E-state index in [0.29, 0.717) is 28.1 Å². The van der Waals surface area contributed by atoms with Crippen LogP contribution in [0.3, 0.4) is 0 Å². The fourth-order valence-corrected chi connectivity index (χ4v) is 6.44. The van der Waals surface area contributed by atoms with Crippen LogP contribution in [0.1, 0.15) is 37.4 Å². The molecule has 0 bridgehead atoms. The average molecular weight is 557 g/mol. The fourth-order valence-electron chi connectivity index (χ4n) is 6.44. The van der Waals surface area contributed by atoms with E-state index in [4.69, 9.17) is 6.57 Å². The summed E-state index contributed by atoms with van der Waals surface area (Å²) in [5.41, 5.74) is 10.3. The molecule has 0 fully saturated rings. The predicted octanol–water partition coefficient (Wildman–Crippen LogP) is 8.38. The van der Waals surface area contributed by atoms with Crippen molar-refractivity contribution in [3.63, 3.8) is 0 Å². The number of carbonyl (C=O) groups is 2. The molecule has 1 aliphatic rings. The second-order valence-electron chi connectivity index (χ2n) is 10.9. The first-order valence-corrected chi connectivity index (χ1v) is 13.9. The van der Waals surface area contributed by atoms with E-state index >= 15 is 0 Å². The zero-order chi connectivity index (χ0) is 30.0. The Hall–Kier alpha value is -5.98. The van der Waals surface area contributed by atoms with Gasteiger partial charge in [-0.1, -0.05) is 60.2 Å². The second kappa shape index (κ2) is 9.55. The molecule has 6 nitrogen and oxygen atoms in total. The third kappa shape index (κ3) is 3.71. The molecule has 6 heteroatoms. The highest BCUT2D eigenvalue weighted by Crippen LogP contribution is 2.45. The molecular formula is C37H24N4O2. The monoisotopic (exact) mass is 556 g/mol. The highest BCUT2D eigenvalue weighted by Gasteiger charge is 2.36. The summed E-state index contributed by atoms with van der Waals surface area (Å²) < 4.78 is 2.09. The van der Waals surface area contributed by atoms with Gasteiger partial charge in [0.25, 0.3) is 11.8 Å². The van der Waals surface area contributed by atoms with Crippen LogP contribution >= 0.6 is 0 Å². The number of amides is 2. The zero-order valence-electron chi connectivity index (χ0n) is 23.8. The molecule has 1 aromatic heterocycles. The Balaban J connectivity index is 1.66. The van der Waals surface area contributed by atoms with Crippen molar-refractivity contribution in [2.75, 3.05) is 7.05 Å². The minimum atomic E-state index is -0.327. The maximum Gasteiger partial charge on any atom is 0.263 e. The Kier molecular flexibility index (Phi) is 5.76. The number of aromatic nitrogens is 1. The number of aryl methyl sites for hydroxylation is 2. The van der Waals surface area contributed by atoms with Crippen LogP contribution in [0.2, 0.25) is 0 Å². The summed E-state index contributed by atoms with van der Waals surface area (Å²) in [5, 5.41) is 11.5. The van der Waals surface area contributed by atoms with Crippen molar-refractivity contribution in [1.29, 1.82) is 5.26 Å². The number of nitrogens with zero attached hydrogens (tertiary/aromatic N) is 4. The van der Waals surface area contributed by atoms with Crippen LogP contribution < -0.4 is 0 Å². The lowest BCUT2D eigenvalue weighted by atomic mass is 9.91. The van der Waals surface area contributed by atoms with Gasteiger partial charge in [-0.15, -0.1) is 0 Å². The first-order valence-electron chi connectivity index (χ1n) is 13.9. The molecule has 0 saturated carbocycles. The van der Waals surface area contributed by atoms with Gasteiger partial charge in [0.05, 0.1) is 46.1 Å². The van der Waals surface area contributed by atoms with Crippen molar-refractivity contribution in [3.8, 4) is 34.0 Å². The van der Waals surface area contributed by atoms with E-state index in [1.165, 1.54) is 11.9 Å². The van der Waals surface area contributed by atoms with E-state index in [9.17, 15) is 14.9 Å². The number of hydrogen-bond donors (Lipinski definition) is 0. The first-order chi connectivity index (χ1) is 20.8. The van der Waals surface area contributed by atoms with Crippen LogP contribution in [0.4, 0.5) is 5.69 Å². The van der Waals surface area contributed by atoms with E-state index in [1.54, 1.807) is 6.07 Å². The number of carbonyl (C=O) groups excluding carboxylic acids is 2. The molecule has 43 heavy (non-hydrogen) atoms. The van der Waals surface area contributed by atoms with Gasteiger partial charge in [0.15, 0.2) is 5.69 Å². The predicted molar refractivity (Wildman–Crippen MR) is 169 cm³/mol. The lowest BCUT2D eigenvalue weighted by Crippen LogP contribution is -2.24. The van der Waals surface area contributed by atoms with Gasteiger partial charge in [-0.3, -0.25) is 14.5 Å². The number of rotatable bonds is 3. The van der Waals surface area contributed by atoms with Crippen molar-refractivity contribution < 1.29 is 9.59 Å². The molecule has 0 unspecified atom stereocenters. The van der Waals surface area contributed by atoms with Crippen LogP contribution in [-0.2, 0) is 0 Å². The smallest absolute Gasteiger partial charge is 0.263 e. The minimum Gasteiger partial charge on any atom is -0.308 e. The van der Waals surface area contributed by atoms with Gasteiger partial charge in [-0.05, 0) is 78.1 Å². The summed E-state index contributed by atoms with van der Waals surface area (Å²) in [5.74, 6) is -0.640. The molecule has 2 amide bonds. The Morgan fingerprint density at radius 1 is 0.698 bits per heavy atom. The fraction of sp³-hybridized carbons (Fsp3) is 0.0811. The van der Waals surface area contributed by atoms with Gasteiger partial charge in [-0.2, -0.15) is 5.26 Å². The Labute approximate surface area is 248 Å². The number of benzene rings is 5. The lowest BCUT2D eigenvalue weighted by Gasteiger charge is -2.13. The van der Waals surface area contributed by atoms with E-state index in [1.807, 2.05) is 86.6 Å².